The highest BCUT2D eigenvalue weighted by molar-refractivity contribution is 5.77. The fourth-order valence-corrected chi connectivity index (χ4v) is 2.76. The first-order chi connectivity index (χ1) is 12.0. The normalized spacial score (nSPS) is 19.7. The van der Waals surface area contributed by atoms with Gasteiger partial charge in [0.05, 0.1) is 26.2 Å². The molecule has 1 aliphatic heterocycles. The van der Waals surface area contributed by atoms with Gasteiger partial charge in [0, 0.05) is 6.54 Å². The Bertz CT molecular complexity index is 570. The van der Waals surface area contributed by atoms with Crippen LogP contribution in [0.1, 0.15) is 38.2 Å². The molecular weight excluding hydrogens is 322 g/mol. The third-order valence-corrected chi connectivity index (χ3v) is 4.29. The average molecular weight is 349 g/mol. The molecule has 0 spiro atoms. The van der Waals surface area contributed by atoms with Crippen molar-refractivity contribution in [3.63, 3.8) is 0 Å². The van der Waals surface area contributed by atoms with Crippen molar-refractivity contribution >= 4 is 11.9 Å². The van der Waals surface area contributed by atoms with Gasteiger partial charge < -0.3 is 19.5 Å². The van der Waals surface area contributed by atoms with Gasteiger partial charge in [0.1, 0.15) is 5.75 Å². The lowest BCUT2D eigenvalue weighted by atomic mass is 10.0. The van der Waals surface area contributed by atoms with E-state index in [0.29, 0.717) is 31.2 Å². The van der Waals surface area contributed by atoms with E-state index in [0.717, 1.165) is 6.42 Å². The van der Waals surface area contributed by atoms with Crippen molar-refractivity contribution < 1.29 is 23.8 Å². The Morgan fingerprint density at radius 1 is 1.28 bits per heavy atom. The lowest BCUT2D eigenvalue weighted by molar-refractivity contribution is -0.141. The van der Waals surface area contributed by atoms with E-state index in [1.165, 1.54) is 12.7 Å². The number of amides is 1. The largest absolute Gasteiger partial charge is 0.484 e. The third kappa shape index (κ3) is 6.38. The van der Waals surface area contributed by atoms with Crippen molar-refractivity contribution in [3.8, 4) is 5.75 Å². The standard InChI is InChI=1S/C19H27NO5/c1-13(2)15-4-6-16(7-5-15)25-12-18(21)20-10-17-8-14(11-24-17)9-19(22)23-3/h4-7,13-14,17H,8-12H2,1-3H3,(H,20,21). The Balaban J connectivity index is 1.65. The number of rotatable bonds is 8. The van der Waals surface area contributed by atoms with Crippen LogP contribution in [0.4, 0.5) is 0 Å². The topological polar surface area (TPSA) is 73.9 Å². The second kappa shape index (κ2) is 9.42. The van der Waals surface area contributed by atoms with Gasteiger partial charge in [0.25, 0.3) is 5.91 Å². The average Bonchev–Trinajstić information content (AvgIpc) is 3.05. The Morgan fingerprint density at radius 2 is 2.00 bits per heavy atom. The van der Waals surface area contributed by atoms with Gasteiger partial charge in [-0.15, -0.1) is 0 Å². The number of methoxy groups -OCH3 is 1. The second-order valence-electron chi connectivity index (χ2n) is 6.65. The Labute approximate surface area is 148 Å². The molecule has 1 saturated heterocycles. The van der Waals surface area contributed by atoms with Crippen LogP contribution in [-0.2, 0) is 19.1 Å². The van der Waals surface area contributed by atoms with Crippen LogP contribution in [0.25, 0.3) is 0 Å². The van der Waals surface area contributed by atoms with Gasteiger partial charge in [-0.25, -0.2) is 0 Å². The summed E-state index contributed by atoms with van der Waals surface area (Å²) in [7, 11) is 1.38. The molecule has 2 unspecified atom stereocenters. The van der Waals surface area contributed by atoms with Crippen LogP contribution in [0.3, 0.4) is 0 Å². The number of ether oxygens (including phenoxy) is 3. The summed E-state index contributed by atoms with van der Waals surface area (Å²) < 4.78 is 15.7. The van der Waals surface area contributed by atoms with Crippen LogP contribution in [0, 0.1) is 5.92 Å². The molecule has 1 amide bonds. The number of hydrogen-bond donors (Lipinski definition) is 1. The molecule has 6 heteroatoms. The summed E-state index contributed by atoms with van der Waals surface area (Å²) in [6, 6.07) is 7.76. The molecule has 0 aliphatic carbocycles. The molecular formula is C19H27NO5. The molecule has 1 N–H and O–H groups in total. The summed E-state index contributed by atoms with van der Waals surface area (Å²) >= 11 is 0. The van der Waals surface area contributed by atoms with E-state index in [1.807, 2.05) is 24.3 Å². The summed E-state index contributed by atoms with van der Waals surface area (Å²) in [5.41, 5.74) is 1.23. The molecule has 138 valence electrons. The maximum Gasteiger partial charge on any atom is 0.305 e. The fourth-order valence-electron chi connectivity index (χ4n) is 2.76. The predicted octanol–water partition coefficient (Wildman–Crippen LogP) is 2.27. The molecule has 1 aromatic carbocycles. The number of carbonyl (C=O) groups excluding carboxylic acids is 2. The highest BCUT2D eigenvalue weighted by Gasteiger charge is 2.27. The van der Waals surface area contributed by atoms with Crippen molar-refractivity contribution in [2.75, 3.05) is 26.9 Å². The molecule has 0 radical (unpaired) electrons. The van der Waals surface area contributed by atoms with Gasteiger partial charge in [-0.3, -0.25) is 9.59 Å². The van der Waals surface area contributed by atoms with Gasteiger partial charge in [-0.05, 0) is 36.0 Å². The highest BCUT2D eigenvalue weighted by Crippen LogP contribution is 2.22. The summed E-state index contributed by atoms with van der Waals surface area (Å²) in [6.07, 6.45) is 1.03. The molecule has 1 aliphatic rings. The highest BCUT2D eigenvalue weighted by atomic mass is 16.5. The molecule has 25 heavy (non-hydrogen) atoms. The van der Waals surface area contributed by atoms with Crippen LogP contribution >= 0.6 is 0 Å². The van der Waals surface area contributed by atoms with Crippen LogP contribution in [0.15, 0.2) is 24.3 Å². The minimum atomic E-state index is -0.227. The number of benzene rings is 1. The Kier molecular flexibility index (Phi) is 7.25. The van der Waals surface area contributed by atoms with Gasteiger partial charge >= 0.3 is 5.97 Å². The van der Waals surface area contributed by atoms with Gasteiger partial charge in [0.15, 0.2) is 6.61 Å². The minimum Gasteiger partial charge on any atom is -0.484 e. The summed E-state index contributed by atoms with van der Waals surface area (Å²) in [4.78, 5) is 23.1. The monoisotopic (exact) mass is 349 g/mol. The van der Waals surface area contributed by atoms with Crippen LogP contribution in [0.5, 0.6) is 5.75 Å². The summed E-state index contributed by atoms with van der Waals surface area (Å²) in [5, 5.41) is 2.81. The van der Waals surface area contributed by atoms with Crippen molar-refractivity contribution in [1.29, 1.82) is 0 Å². The van der Waals surface area contributed by atoms with E-state index in [1.54, 1.807) is 0 Å². The molecule has 0 saturated carbocycles. The first-order valence-corrected chi connectivity index (χ1v) is 8.65. The first-order valence-electron chi connectivity index (χ1n) is 8.65. The quantitative estimate of drug-likeness (QED) is 0.729. The van der Waals surface area contributed by atoms with Crippen molar-refractivity contribution in [3.05, 3.63) is 29.8 Å². The van der Waals surface area contributed by atoms with Gasteiger partial charge in [0.2, 0.25) is 0 Å². The van der Waals surface area contributed by atoms with Crippen molar-refractivity contribution in [1.82, 2.24) is 5.32 Å². The lowest BCUT2D eigenvalue weighted by Crippen LogP contribution is -2.35. The molecule has 0 bridgehead atoms. The molecule has 1 aromatic rings. The van der Waals surface area contributed by atoms with E-state index in [2.05, 4.69) is 23.9 Å². The SMILES string of the molecule is COC(=O)CC1COC(CNC(=O)COc2ccc(C(C)C)cc2)C1. The van der Waals surface area contributed by atoms with Crippen LogP contribution in [-0.4, -0.2) is 44.8 Å². The molecule has 1 fully saturated rings. The minimum absolute atomic E-state index is 0.0284. The molecule has 0 aromatic heterocycles. The molecule has 1 heterocycles. The predicted molar refractivity (Wildman–Crippen MR) is 93.5 cm³/mol. The van der Waals surface area contributed by atoms with Crippen molar-refractivity contribution in [2.24, 2.45) is 5.92 Å². The summed E-state index contributed by atoms with van der Waals surface area (Å²) in [5.74, 6) is 0.884. The lowest BCUT2D eigenvalue weighted by Gasteiger charge is -2.12. The van der Waals surface area contributed by atoms with E-state index < -0.39 is 0 Å². The smallest absolute Gasteiger partial charge is 0.305 e. The zero-order valence-electron chi connectivity index (χ0n) is 15.1. The molecule has 2 atom stereocenters. The van der Waals surface area contributed by atoms with Crippen LogP contribution in [0.2, 0.25) is 0 Å². The zero-order valence-corrected chi connectivity index (χ0v) is 15.1. The molecule has 2 rings (SSSR count). The number of esters is 1. The number of carbonyl (C=O) groups is 2. The van der Waals surface area contributed by atoms with E-state index in [9.17, 15) is 9.59 Å². The maximum atomic E-state index is 11.9. The van der Waals surface area contributed by atoms with Gasteiger partial charge in [-0.1, -0.05) is 26.0 Å². The summed E-state index contributed by atoms with van der Waals surface area (Å²) in [6.45, 7) is 5.17. The third-order valence-electron chi connectivity index (χ3n) is 4.29. The van der Waals surface area contributed by atoms with E-state index >= 15 is 0 Å². The maximum absolute atomic E-state index is 11.9. The second-order valence-corrected chi connectivity index (χ2v) is 6.65. The number of hydrogen-bond acceptors (Lipinski definition) is 5. The Hall–Kier alpha value is -2.08. The van der Waals surface area contributed by atoms with E-state index in [-0.39, 0.29) is 30.5 Å². The van der Waals surface area contributed by atoms with Crippen molar-refractivity contribution in [2.45, 2.75) is 38.7 Å². The Morgan fingerprint density at radius 3 is 2.64 bits per heavy atom. The van der Waals surface area contributed by atoms with Gasteiger partial charge in [-0.2, -0.15) is 0 Å². The van der Waals surface area contributed by atoms with E-state index in [4.69, 9.17) is 9.47 Å². The first kappa shape index (κ1) is 19.2. The van der Waals surface area contributed by atoms with Crippen LogP contribution < -0.4 is 10.1 Å². The number of nitrogens with one attached hydrogen (secondary N) is 1. The molecule has 6 nitrogen and oxygen atoms in total. The fraction of sp³-hybridized carbons (Fsp3) is 0.579. The zero-order chi connectivity index (χ0) is 18.2.